The maximum absolute atomic E-state index is 10.7. The number of nitriles is 2. The molecule has 1 aromatic carbocycles. The minimum Gasteiger partial charge on any atom is -0.276 e. The highest BCUT2D eigenvalue weighted by Crippen LogP contribution is 2.10. The van der Waals surface area contributed by atoms with Gasteiger partial charge in [0, 0.05) is 5.56 Å². The molecule has 0 amide bonds. The summed E-state index contributed by atoms with van der Waals surface area (Å²) in [6.07, 6.45) is 1.43. The van der Waals surface area contributed by atoms with Crippen LogP contribution in [-0.4, -0.2) is 5.24 Å². The van der Waals surface area contributed by atoms with Crippen molar-refractivity contribution in [3.8, 4) is 12.1 Å². The standard InChI is InChI=1S/C11H5ClN2O/c12-11(15)10-3-1-8(2-4-10)5-9(6-13)7-14/h1-5H. The third-order valence-corrected chi connectivity index (χ3v) is 1.91. The Kier molecular flexibility index (Phi) is 3.62. The van der Waals surface area contributed by atoms with E-state index < -0.39 is 5.24 Å². The zero-order valence-corrected chi connectivity index (χ0v) is 8.32. The lowest BCUT2D eigenvalue weighted by atomic mass is 10.1. The molecule has 0 aliphatic heterocycles. The van der Waals surface area contributed by atoms with Gasteiger partial charge in [0.25, 0.3) is 5.24 Å². The van der Waals surface area contributed by atoms with Crippen LogP contribution in [0.1, 0.15) is 15.9 Å². The van der Waals surface area contributed by atoms with Crippen LogP contribution in [0.5, 0.6) is 0 Å². The Morgan fingerprint density at radius 3 is 2.13 bits per heavy atom. The number of benzene rings is 1. The van der Waals surface area contributed by atoms with Crippen molar-refractivity contribution in [2.45, 2.75) is 0 Å². The lowest BCUT2D eigenvalue weighted by Crippen LogP contribution is -1.87. The Hall–Kier alpha value is -2.10. The van der Waals surface area contributed by atoms with Crippen molar-refractivity contribution in [3.63, 3.8) is 0 Å². The molecule has 0 atom stereocenters. The predicted molar refractivity (Wildman–Crippen MR) is 55.8 cm³/mol. The van der Waals surface area contributed by atoms with E-state index in [2.05, 4.69) is 0 Å². The summed E-state index contributed by atoms with van der Waals surface area (Å²) < 4.78 is 0. The van der Waals surface area contributed by atoms with Crippen molar-refractivity contribution < 1.29 is 4.79 Å². The molecule has 0 aromatic heterocycles. The highest BCUT2D eigenvalue weighted by Gasteiger charge is 2.00. The Labute approximate surface area is 91.8 Å². The number of hydrogen-bond acceptors (Lipinski definition) is 3. The van der Waals surface area contributed by atoms with E-state index in [1.807, 2.05) is 0 Å². The van der Waals surface area contributed by atoms with Crippen molar-refractivity contribution in [2.24, 2.45) is 0 Å². The number of halogens is 1. The van der Waals surface area contributed by atoms with Crippen molar-refractivity contribution in [2.75, 3.05) is 0 Å². The molecular weight excluding hydrogens is 212 g/mol. The van der Waals surface area contributed by atoms with Gasteiger partial charge in [-0.25, -0.2) is 0 Å². The average Bonchev–Trinajstić information content (AvgIpc) is 2.26. The molecular formula is C11H5ClN2O. The highest BCUT2D eigenvalue weighted by molar-refractivity contribution is 6.67. The van der Waals surface area contributed by atoms with E-state index in [1.54, 1.807) is 24.3 Å². The molecule has 1 aromatic rings. The Bertz CT molecular complexity index is 473. The van der Waals surface area contributed by atoms with E-state index in [1.165, 1.54) is 18.2 Å². The van der Waals surface area contributed by atoms with Gasteiger partial charge >= 0.3 is 0 Å². The third-order valence-electron chi connectivity index (χ3n) is 1.69. The summed E-state index contributed by atoms with van der Waals surface area (Å²) in [5.41, 5.74) is 1.07. The average molecular weight is 217 g/mol. The molecule has 0 aliphatic rings. The van der Waals surface area contributed by atoms with E-state index in [9.17, 15) is 4.79 Å². The second kappa shape index (κ2) is 4.95. The maximum Gasteiger partial charge on any atom is 0.252 e. The number of hydrogen-bond donors (Lipinski definition) is 0. The van der Waals surface area contributed by atoms with Crippen LogP contribution >= 0.6 is 11.6 Å². The molecule has 0 bridgehead atoms. The molecule has 0 fully saturated rings. The number of carbonyl (C=O) groups is 1. The van der Waals surface area contributed by atoms with Gasteiger partial charge in [-0.05, 0) is 35.4 Å². The molecule has 4 heteroatoms. The second-order valence-corrected chi connectivity index (χ2v) is 3.02. The molecule has 72 valence electrons. The molecule has 0 unspecified atom stereocenters. The van der Waals surface area contributed by atoms with Crippen LogP contribution in [0.15, 0.2) is 29.8 Å². The molecule has 15 heavy (non-hydrogen) atoms. The molecule has 0 saturated heterocycles. The van der Waals surface area contributed by atoms with Crippen LogP contribution in [0, 0.1) is 22.7 Å². The Morgan fingerprint density at radius 2 is 1.73 bits per heavy atom. The number of allylic oxidation sites excluding steroid dienone is 1. The Morgan fingerprint density at radius 1 is 1.20 bits per heavy atom. The van der Waals surface area contributed by atoms with Crippen LogP contribution < -0.4 is 0 Å². The molecule has 0 aliphatic carbocycles. The second-order valence-electron chi connectivity index (χ2n) is 2.68. The molecule has 0 spiro atoms. The summed E-state index contributed by atoms with van der Waals surface area (Å²) >= 11 is 5.26. The fourth-order valence-corrected chi connectivity index (χ4v) is 1.09. The highest BCUT2D eigenvalue weighted by atomic mass is 35.5. The van der Waals surface area contributed by atoms with Crippen LogP contribution in [0.2, 0.25) is 0 Å². The summed E-state index contributed by atoms with van der Waals surface area (Å²) in [7, 11) is 0. The van der Waals surface area contributed by atoms with Gasteiger partial charge in [-0.2, -0.15) is 10.5 Å². The van der Waals surface area contributed by atoms with Gasteiger partial charge in [0.15, 0.2) is 0 Å². The lowest BCUT2D eigenvalue weighted by molar-refractivity contribution is 0.108. The molecule has 0 heterocycles. The van der Waals surface area contributed by atoms with Gasteiger partial charge in [0.05, 0.1) is 0 Å². The quantitative estimate of drug-likeness (QED) is 0.564. The normalized spacial score (nSPS) is 8.47. The van der Waals surface area contributed by atoms with Gasteiger partial charge in [-0.3, -0.25) is 4.79 Å². The molecule has 0 radical (unpaired) electrons. The molecule has 0 N–H and O–H groups in total. The van der Waals surface area contributed by atoms with Crippen molar-refractivity contribution in [1.29, 1.82) is 10.5 Å². The zero-order valence-electron chi connectivity index (χ0n) is 7.57. The largest absolute Gasteiger partial charge is 0.276 e. The van der Waals surface area contributed by atoms with Crippen LogP contribution in [0.25, 0.3) is 6.08 Å². The minimum atomic E-state index is -0.536. The molecule has 3 nitrogen and oxygen atoms in total. The van der Waals surface area contributed by atoms with Gasteiger partial charge in [-0.15, -0.1) is 0 Å². The number of nitrogens with zero attached hydrogens (tertiary/aromatic N) is 2. The SMILES string of the molecule is N#CC(C#N)=Cc1ccc(C(=O)Cl)cc1. The predicted octanol–water partition coefficient (Wildman–Crippen LogP) is 2.50. The Balaban J connectivity index is 3.02. The molecule has 1 rings (SSSR count). The van der Waals surface area contributed by atoms with E-state index >= 15 is 0 Å². The topological polar surface area (TPSA) is 64.7 Å². The number of carbonyl (C=O) groups excluding carboxylic acids is 1. The van der Waals surface area contributed by atoms with Gasteiger partial charge < -0.3 is 0 Å². The van der Waals surface area contributed by atoms with Gasteiger partial charge in [-0.1, -0.05) is 12.1 Å². The van der Waals surface area contributed by atoms with Crippen LogP contribution in [0.3, 0.4) is 0 Å². The lowest BCUT2D eigenvalue weighted by Gasteiger charge is -1.95. The fraction of sp³-hybridized carbons (Fsp3) is 0. The van der Waals surface area contributed by atoms with Crippen LogP contribution in [-0.2, 0) is 0 Å². The van der Waals surface area contributed by atoms with Crippen LogP contribution in [0.4, 0.5) is 0 Å². The summed E-state index contributed by atoms with van der Waals surface area (Å²) in [4.78, 5) is 10.7. The fourth-order valence-electron chi connectivity index (χ4n) is 0.967. The van der Waals surface area contributed by atoms with Gasteiger partial charge in [0.2, 0.25) is 0 Å². The van der Waals surface area contributed by atoms with E-state index in [4.69, 9.17) is 22.1 Å². The summed E-state index contributed by atoms with van der Waals surface area (Å²) in [6, 6.07) is 9.79. The minimum absolute atomic E-state index is 0.0138. The van der Waals surface area contributed by atoms with Gasteiger partial charge in [0.1, 0.15) is 17.7 Å². The first-order valence-corrected chi connectivity index (χ1v) is 4.37. The number of rotatable bonds is 2. The first kappa shape index (κ1) is 11.0. The van der Waals surface area contributed by atoms with Crippen molar-refractivity contribution in [1.82, 2.24) is 0 Å². The van der Waals surface area contributed by atoms with Crippen molar-refractivity contribution in [3.05, 3.63) is 41.0 Å². The first-order chi connectivity index (χ1) is 7.17. The monoisotopic (exact) mass is 216 g/mol. The third kappa shape index (κ3) is 2.95. The first-order valence-electron chi connectivity index (χ1n) is 3.99. The smallest absolute Gasteiger partial charge is 0.252 e. The molecule has 0 saturated carbocycles. The summed E-state index contributed by atoms with van der Waals surface area (Å²) in [6.45, 7) is 0. The summed E-state index contributed by atoms with van der Waals surface area (Å²) in [5, 5.41) is 16.5. The van der Waals surface area contributed by atoms with Crippen molar-refractivity contribution >= 4 is 22.9 Å². The maximum atomic E-state index is 10.7. The summed E-state index contributed by atoms with van der Waals surface area (Å²) in [5.74, 6) is 0. The zero-order chi connectivity index (χ0) is 11.3. The van der Waals surface area contributed by atoms with E-state index in [-0.39, 0.29) is 5.57 Å². The van der Waals surface area contributed by atoms with E-state index in [0.717, 1.165) is 0 Å². The van der Waals surface area contributed by atoms with E-state index in [0.29, 0.717) is 11.1 Å².